The van der Waals surface area contributed by atoms with Crippen LogP contribution in [0.1, 0.15) is 113 Å². The van der Waals surface area contributed by atoms with E-state index in [2.05, 4.69) is 27.2 Å². The summed E-state index contributed by atoms with van der Waals surface area (Å²) in [6, 6.07) is 39.1. The average molecular weight is 1450 g/mol. The molecule has 16 nitrogen and oxygen atoms in total. The van der Waals surface area contributed by atoms with Crippen LogP contribution in [0.4, 0.5) is 46.9 Å². The van der Waals surface area contributed by atoms with Crippen LogP contribution in [0.2, 0.25) is 0 Å². The molecule has 5 amide bonds. The SMILES string of the molecule is CN(CCN1CCC(N(C(=O)O)c2ccccc2-c2ccccc2)CC1)C(=O)CCCCCNc1ccc(C(=O)N2CCCN(C(=O)CO[C@H]3Cc4ccccc4C34CCN(CC[C@@]3(c5ccc(F)cc5)CN(C(=O)c5cc(C(F)(F)F)cc(C(F)(F)F)c5)CO3)CC4)CC2)cc1.Cl.Cl.Cl. The highest BCUT2D eigenvalue weighted by molar-refractivity contribution is 5.96. The monoisotopic (exact) mass is 1450 g/mol. The van der Waals surface area contributed by atoms with Crippen LogP contribution in [-0.2, 0) is 48.9 Å². The van der Waals surface area contributed by atoms with E-state index in [1.807, 2.05) is 98.0 Å². The number of nitrogens with one attached hydrogen (secondary N) is 1. The first-order chi connectivity index (χ1) is 46.6. The molecule has 4 aliphatic heterocycles. The van der Waals surface area contributed by atoms with Crippen molar-refractivity contribution in [1.82, 2.24) is 29.4 Å². The van der Waals surface area contributed by atoms with E-state index in [1.54, 1.807) is 14.7 Å². The zero-order valence-electron chi connectivity index (χ0n) is 55.7. The summed E-state index contributed by atoms with van der Waals surface area (Å²) in [5.41, 5.74) is 1.09. The number of piperidine rings is 2. The van der Waals surface area contributed by atoms with Crippen LogP contribution in [-0.4, -0.2) is 182 Å². The lowest BCUT2D eigenvalue weighted by atomic mass is 9.72. The molecule has 0 saturated carbocycles. The molecule has 4 fully saturated rings. The molecule has 1 aliphatic carbocycles. The minimum atomic E-state index is -5.15. The first kappa shape index (κ1) is 78.2. The molecule has 4 heterocycles. The fourth-order valence-corrected chi connectivity index (χ4v) is 14.7. The average Bonchev–Trinajstić information content (AvgIpc) is 1.52. The molecular weight excluding hydrogens is 1370 g/mol. The highest BCUT2D eigenvalue weighted by Gasteiger charge is 2.51. The van der Waals surface area contributed by atoms with Crippen LogP contribution in [0.5, 0.6) is 0 Å². The zero-order valence-corrected chi connectivity index (χ0v) is 58.2. The Bertz CT molecular complexity index is 3700. The van der Waals surface area contributed by atoms with E-state index in [1.165, 1.54) is 29.2 Å². The lowest BCUT2D eigenvalue weighted by Gasteiger charge is -2.44. The smallest absolute Gasteiger partial charge is 0.416 e. The molecule has 0 unspecified atom stereocenters. The lowest BCUT2D eigenvalue weighted by molar-refractivity contribution is -0.143. The Morgan fingerprint density at radius 2 is 1.28 bits per heavy atom. The van der Waals surface area contributed by atoms with Gasteiger partial charge in [0.2, 0.25) is 11.8 Å². The van der Waals surface area contributed by atoms with Gasteiger partial charge in [0.25, 0.3) is 11.8 Å². The molecule has 100 heavy (non-hydrogen) atoms. The molecule has 1 spiro atoms. The van der Waals surface area contributed by atoms with E-state index in [0.717, 1.165) is 71.7 Å². The van der Waals surface area contributed by atoms with Gasteiger partial charge in [0.1, 0.15) is 24.8 Å². The molecule has 0 radical (unpaired) electrons. The van der Waals surface area contributed by atoms with E-state index in [-0.39, 0.29) is 92.7 Å². The number of alkyl halides is 6. The largest absolute Gasteiger partial charge is 0.465 e. The number of carbonyl (C=O) groups is 5. The number of fused-ring (bicyclic) bond motifs is 2. The van der Waals surface area contributed by atoms with Gasteiger partial charge >= 0.3 is 18.4 Å². The Hall–Kier alpha value is -7.51. The maximum atomic E-state index is 14.3. The summed E-state index contributed by atoms with van der Waals surface area (Å²) >= 11 is 0. The van der Waals surface area contributed by atoms with Crippen molar-refractivity contribution < 1.29 is 69.3 Å². The standard InChI is InChI=1S/C74H83F7N8O8.3ClH/c1-83(41-42-84-36-28-61(29-37-84)89(70(94)95)64-18-10-8-16-62(64)52-13-4-2-5-14-52)66(90)19-6-3-11-33-82-60-26-20-53(21-27-60)68(92)87-35-12-34-86(43-44-87)67(91)49-96-65-47-54-15-7-9-17-63(54)71(65)30-38-85(39-31-71)40-32-72(56-22-24-59(75)25-23-56)50-88(51-97-72)69(93)55-45-57(73(76,77)78)48-58(46-55)74(79,80)81;;;/h2,4-5,7-10,13-18,20-27,45-46,48,61,65,82H,3,6,11-12,19,28-44,47,49-51H2,1H3,(H,94,95);3*1H/t65-,72-;;;/m0.../s1. The Morgan fingerprint density at radius 1 is 0.660 bits per heavy atom. The third kappa shape index (κ3) is 18.6. The number of halogens is 10. The van der Waals surface area contributed by atoms with Gasteiger partial charge in [-0.25, -0.2) is 9.18 Å². The third-order valence-electron chi connectivity index (χ3n) is 20.2. The minimum Gasteiger partial charge on any atom is -0.465 e. The Balaban J connectivity index is 0.00000424. The summed E-state index contributed by atoms with van der Waals surface area (Å²) in [7, 11) is 1.84. The maximum Gasteiger partial charge on any atom is 0.416 e. The Labute approximate surface area is 597 Å². The van der Waals surface area contributed by atoms with E-state index in [0.29, 0.717) is 133 Å². The summed E-state index contributed by atoms with van der Waals surface area (Å²) in [5, 5.41) is 13.8. The van der Waals surface area contributed by atoms with Crippen LogP contribution >= 0.6 is 37.2 Å². The molecule has 2 N–H and O–H groups in total. The van der Waals surface area contributed by atoms with Gasteiger partial charge < -0.3 is 49.3 Å². The van der Waals surface area contributed by atoms with Gasteiger partial charge in [-0.05, 0) is 154 Å². The first-order valence-electron chi connectivity index (χ1n) is 33.5. The number of nitrogens with zero attached hydrogens (tertiary/aromatic N) is 7. The summed E-state index contributed by atoms with van der Waals surface area (Å²) in [6.07, 6.45) is -4.42. The number of carboxylic acid groups (broad SMARTS) is 1. The molecular formula is C74H86Cl3F7N8O8. The van der Waals surface area contributed by atoms with Crippen molar-refractivity contribution in [3.8, 4) is 11.1 Å². The fourth-order valence-electron chi connectivity index (χ4n) is 14.7. The topological polar surface area (TPSA) is 159 Å². The molecule has 5 aliphatic rings. The number of ether oxygens (including phenoxy) is 2. The number of likely N-dealkylation sites (N-methyl/N-ethyl adjacent to an activating group) is 1. The molecule has 4 saturated heterocycles. The van der Waals surface area contributed by atoms with E-state index in [9.17, 15) is 59.8 Å². The summed E-state index contributed by atoms with van der Waals surface area (Å²) in [6.45, 7) is 6.02. The number of anilines is 2. The normalized spacial score (nSPS) is 18.8. The van der Waals surface area contributed by atoms with Crippen molar-refractivity contribution in [2.75, 3.05) is 116 Å². The Morgan fingerprint density at radius 3 is 1.96 bits per heavy atom. The van der Waals surface area contributed by atoms with Crippen LogP contribution < -0.4 is 10.2 Å². The van der Waals surface area contributed by atoms with Gasteiger partial charge in [-0.2, -0.15) is 26.3 Å². The van der Waals surface area contributed by atoms with Gasteiger partial charge in [0, 0.05) is 113 Å². The van der Waals surface area contributed by atoms with Crippen molar-refractivity contribution in [2.45, 2.75) is 106 Å². The second-order valence-corrected chi connectivity index (χ2v) is 26.2. The van der Waals surface area contributed by atoms with Crippen molar-refractivity contribution in [3.63, 3.8) is 0 Å². The summed E-state index contributed by atoms with van der Waals surface area (Å²) in [4.78, 5) is 79.8. The van der Waals surface area contributed by atoms with Gasteiger partial charge in [-0.15, -0.1) is 37.2 Å². The number of hydrogen-bond donors (Lipinski definition) is 2. The predicted molar refractivity (Wildman–Crippen MR) is 375 cm³/mol. The van der Waals surface area contributed by atoms with Gasteiger partial charge in [0.15, 0.2) is 0 Å². The number of carbonyl (C=O) groups excluding carboxylic acids is 4. The minimum absolute atomic E-state index is 0. The van der Waals surface area contributed by atoms with Crippen molar-refractivity contribution in [1.29, 1.82) is 0 Å². The van der Waals surface area contributed by atoms with Crippen LogP contribution in [0.15, 0.2) is 146 Å². The molecule has 6 aromatic rings. The fraction of sp³-hybridized carbons (Fsp3) is 0.446. The summed E-state index contributed by atoms with van der Waals surface area (Å²) in [5.74, 6) is -1.78. The summed E-state index contributed by atoms with van der Waals surface area (Å²) < 4.78 is 110. The van der Waals surface area contributed by atoms with Crippen LogP contribution in [0.3, 0.4) is 0 Å². The van der Waals surface area contributed by atoms with Crippen LogP contribution in [0.25, 0.3) is 11.1 Å². The van der Waals surface area contributed by atoms with Crippen molar-refractivity contribution >= 4 is 78.3 Å². The number of unbranched alkanes of at least 4 members (excludes halogenated alkanes) is 2. The number of hydrogen-bond acceptors (Lipinski definition) is 10. The quantitative estimate of drug-likeness (QED) is 0.0492. The number of amides is 5. The second kappa shape index (κ2) is 34.4. The van der Waals surface area contributed by atoms with Crippen molar-refractivity contribution in [3.05, 3.63) is 190 Å². The highest BCUT2D eigenvalue weighted by atomic mass is 35.5. The molecule has 26 heteroatoms. The number of para-hydroxylation sites is 1. The van der Waals surface area contributed by atoms with E-state index < -0.39 is 64.6 Å². The molecule has 2 atom stereocenters. The number of rotatable bonds is 22. The predicted octanol–water partition coefficient (Wildman–Crippen LogP) is 13.9. The number of benzene rings is 6. The zero-order chi connectivity index (χ0) is 68.5. The van der Waals surface area contributed by atoms with Gasteiger partial charge in [-0.1, -0.05) is 91.3 Å². The third-order valence-corrected chi connectivity index (χ3v) is 20.2. The molecule has 0 bridgehead atoms. The first-order valence-corrected chi connectivity index (χ1v) is 33.5. The van der Waals surface area contributed by atoms with Gasteiger partial charge in [-0.3, -0.25) is 24.1 Å². The van der Waals surface area contributed by atoms with Crippen molar-refractivity contribution in [2.24, 2.45) is 0 Å². The maximum absolute atomic E-state index is 14.3. The molecule has 6 aromatic carbocycles. The lowest BCUT2D eigenvalue weighted by Crippen LogP contribution is -2.50. The number of likely N-dealkylation sites (tertiary alicyclic amines) is 2. The van der Waals surface area contributed by atoms with Crippen LogP contribution in [0, 0.1) is 5.82 Å². The second-order valence-electron chi connectivity index (χ2n) is 26.2. The molecule has 11 rings (SSSR count). The van der Waals surface area contributed by atoms with Gasteiger partial charge in [0.05, 0.1) is 29.5 Å². The Kier molecular flexibility index (Phi) is 26.9. The van der Waals surface area contributed by atoms with E-state index >= 15 is 0 Å². The molecule has 0 aromatic heterocycles. The van der Waals surface area contributed by atoms with E-state index in [4.69, 9.17) is 9.47 Å². The highest BCUT2D eigenvalue weighted by Crippen LogP contribution is 2.49. The molecule has 540 valence electrons.